The van der Waals surface area contributed by atoms with Crippen molar-refractivity contribution in [1.29, 1.82) is 0 Å². The molecule has 2 heteroatoms. The van der Waals surface area contributed by atoms with E-state index in [1.54, 1.807) is 0 Å². The molecule has 1 aliphatic heterocycles. The Morgan fingerprint density at radius 3 is 2.57 bits per heavy atom. The molecule has 0 saturated carbocycles. The molecule has 1 aliphatic rings. The van der Waals surface area contributed by atoms with Crippen LogP contribution in [-0.4, -0.2) is 24.0 Å². The van der Waals surface area contributed by atoms with E-state index in [1.165, 1.54) is 0 Å². The summed E-state index contributed by atoms with van der Waals surface area (Å²) in [7, 11) is 3.74. The van der Waals surface area contributed by atoms with Gasteiger partial charge in [0.1, 0.15) is 0 Å². The standard InChI is InChI=1S/C5H11N2/c1-7-3-2-5(6)4-7/h5H,1-4,6H2/q-1/t5-/m1/s1. The smallest absolute Gasteiger partial charge is 0.0154 e. The van der Waals surface area contributed by atoms with E-state index >= 15 is 0 Å². The normalized spacial score (nSPS) is 34.3. The number of likely N-dealkylation sites (tertiary alicyclic amines) is 1. The summed E-state index contributed by atoms with van der Waals surface area (Å²) in [5, 5.41) is 0. The van der Waals surface area contributed by atoms with Crippen molar-refractivity contribution in [3.8, 4) is 0 Å². The molecule has 1 rings (SSSR count). The topological polar surface area (TPSA) is 29.3 Å². The lowest BCUT2D eigenvalue weighted by molar-refractivity contribution is 0.454. The summed E-state index contributed by atoms with van der Waals surface area (Å²) in [5.41, 5.74) is 5.54. The number of nitrogens with zero attached hydrogens (tertiary/aromatic N) is 1. The van der Waals surface area contributed by atoms with E-state index in [2.05, 4.69) is 7.05 Å². The van der Waals surface area contributed by atoms with Gasteiger partial charge >= 0.3 is 0 Å². The molecule has 2 N–H and O–H groups in total. The molecule has 0 spiro atoms. The van der Waals surface area contributed by atoms with Crippen molar-refractivity contribution in [3.05, 3.63) is 7.05 Å². The van der Waals surface area contributed by atoms with Crippen molar-refractivity contribution < 1.29 is 0 Å². The van der Waals surface area contributed by atoms with Crippen molar-refractivity contribution in [3.63, 3.8) is 0 Å². The molecule has 0 bridgehead atoms. The van der Waals surface area contributed by atoms with Crippen LogP contribution >= 0.6 is 0 Å². The van der Waals surface area contributed by atoms with Gasteiger partial charge in [0.25, 0.3) is 0 Å². The van der Waals surface area contributed by atoms with E-state index in [1.807, 2.05) is 4.90 Å². The average Bonchev–Trinajstić information content (AvgIpc) is 1.87. The zero-order chi connectivity index (χ0) is 5.28. The maximum absolute atomic E-state index is 5.54. The summed E-state index contributed by atoms with van der Waals surface area (Å²) in [4.78, 5) is 2.00. The Hall–Kier alpha value is -0.0800. The van der Waals surface area contributed by atoms with Crippen LogP contribution in [0.15, 0.2) is 0 Å². The lowest BCUT2D eigenvalue weighted by Gasteiger charge is -2.14. The molecule has 0 aliphatic carbocycles. The van der Waals surface area contributed by atoms with Gasteiger partial charge in [-0.25, -0.2) is 0 Å². The monoisotopic (exact) mass is 99.1 g/mol. The van der Waals surface area contributed by atoms with Crippen LogP contribution in [0.2, 0.25) is 0 Å². The minimum Gasteiger partial charge on any atom is -0.458 e. The first-order valence-corrected chi connectivity index (χ1v) is 2.60. The molecule has 1 heterocycles. The van der Waals surface area contributed by atoms with Gasteiger partial charge in [-0.2, -0.15) is 0 Å². The molecule has 0 aromatic carbocycles. The number of rotatable bonds is 0. The van der Waals surface area contributed by atoms with Gasteiger partial charge in [-0.3, -0.25) is 7.05 Å². The maximum atomic E-state index is 5.54. The fraction of sp³-hybridized carbons (Fsp3) is 0.800. The number of nitrogens with two attached hydrogens (primary N) is 1. The summed E-state index contributed by atoms with van der Waals surface area (Å²) in [6.45, 7) is 2.04. The zero-order valence-electron chi connectivity index (χ0n) is 4.43. The van der Waals surface area contributed by atoms with Crippen molar-refractivity contribution in [1.82, 2.24) is 4.90 Å². The van der Waals surface area contributed by atoms with Crippen LogP contribution in [0.5, 0.6) is 0 Å². The predicted octanol–water partition coefficient (Wildman–Crippen LogP) is -0.189. The minimum atomic E-state index is 0.387. The highest BCUT2D eigenvalue weighted by atomic mass is 15.1. The Labute approximate surface area is 44.3 Å². The lowest BCUT2D eigenvalue weighted by Crippen LogP contribution is -2.22. The minimum absolute atomic E-state index is 0.387. The number of hydrogen-bond acceptors (Lipinski definition) is 2. The highest BCUT2D eigenvalue weighted by Crippen LogP contribution is 2.02. The molecule has 0 aromatic heterocycles. The third-order valence-electron chi connectivity index (χ3n) is 1.31. The van der Waals surface area contributed by atoms with Gasteiger partial charge in [-0.15, -0.1) is 0 Å². The van der Waals surface area contributed by atoms with Crippen LogP contribution in [0, 0.1) is 7.05 Å². The maximum Gasteiger partial charge on any atom is 0.0154 e. The molecule has 2 nitrogen and oxygen atoms in total. The lowest BCUT2D eigenvalue weighted by atomic mass is 10.3. The van der Waals surface area contributed by atoms with Crippen LogP contribution in [0.4, 0.5) is 0 Å². The van der Waals surface area contributed by atoms with Crippen LogP contribution in [0.25, 0.3) is 0 Å². The highest BCUT2D eigenvalue weighted by molar-refractivity contribution is 4.76. The van der Waals surface area contributed by atoms with E-state index in [4.69, 9.17) is 5.73 Å². The second kappa shape index (κ2) is 1.80. The van der Waals surface area contributed by atoms with Gasteiger partial charge in [0.05, 0.1) is 0 Å². The highest BCUT2D eigenvalue weighted by Gasteiger charge is 2.09. The first-order valence-electron chi connectivity index (χ1n) is 2.60. The molecular formula is C5H11N2-. The Morgan fingerprint density at radius 2 is 2.43 bits per heavy atom. The number of hydrogen-bond donors (Lipinski definition) is 1. The first-order chi connectivity index (χ1) is 3.29. The van der Waals surface area contributed by atoms with E-state index in [0.29, 0.717) is 6.04 Å². The third kappa shape index (κ3) is 1.14. The molecule has 0 unspecified atom stereocenters. The van der Waals surface area contributed by atoms with Crippen LogP contribution in [0.3, 0.4) is 0 Å². The summed E-state index contributed by atoms with van der Waals surface area (Å²) in [6, 6.07) is 0.387. The Bertz CT molecular complexity index is 55.1. The molecule has 7 heavy (non-hydrogen) atoms. The van der Waals surface area contributed by atoms with Crippen LogP contribution in [0.1, 0.15) is 6.42 Å². The SMILES string of the molecule is [CH2-]N1CC[C@@H](N)C1. The molecule has 0 radical (unpaired) electrons. The summed E-state index contributed by atoms with van der Waals surface area (Å²) in [5.74, 6) is 0. The fourth-order valence-electron chi connectivity index (χ4n) is 0.863. The molecule has 1 saturated heterocycles. The summed E-state index contributed by atoms with van der Waals surface area (Å²) in [6.07, 6.45) is 1.11. The predicted molar refractivity (Wildman–Crippen MR) is 29.5 cm³/mol. The van der Waals surface area contributed by atoms with Gasteiger partial charge in [-0.1, -0.05) is 0 Å². The van der Waals surface area contributed by atoms with E-state index < -0.39 is 0 Å². The van der Waals surface area contributed by atoms with Crippen LogP contribution in [-0.2, 0) is 0 Å². The van der Waals surface area contributed by atoms with Crippen molar-refractivity contribution in [2.75, 3.05) is 13.1 Å². The van der Waals surface area contributed by atoms with Gasteiger partial charge in [-0.05, 0) is 19.5 Å². The average molecular weight is 99.2 g/mol. The van der Waals surface area contributed by atoms with E-state index in [-0.39, 0.29) is 0 Å². The zero-order valence-corrected chi connectivity index (χ0v) is 4.43. The van der Waals surface area contributed by atoms with Gasteiger partial charge < -0.3 is 10.6 Å². The Morgan fingerprint density at radius 1 is 1.71 bits per heavy atom. The molecule has 42 valence electrons. The largest absolute Gasteiger partial charge is 0.458 e. The Balaban J connectivity index is 2.26. The van der Waals surface area contributed by atoms with Gasteiger partial charge in [0.15, 0.2) is 0 Å². The first kappa shape index (κ1) is 5.06. The van der Waals surface area contributed by atoms with Crippen molar-refractivity contribution >= 4 is 0 Å². The van der Waals surface area contributed by atoms with E-state index in [9.17, 15) is 0 Å². The molecule has 1 atom stereocenters. The third-order valence-corrected chi connectivity index (χ3v) is 1.31. The second-order valence-corrected chi connectivity index (χ2v) is 2.13. The van der Waals surface area contributed by atoms with Crippen molar-refractivity contribution in [2.45, 2.75) is 12.5 Å². The fourth-order valence-corrected chi connectivity index (χ4v) is 0.863. The van der Waals surface area contributed by atoms with Crippen LogP contribution < -0.4 is 5.73 Å². The Kier molecular flexibility index (Phi) is 1.30. The van der Waals surface area contributed by atoms with E-state index in [0.717, 1.165) is 19.5 Å². The second-order valence-electron chi connectivity index (χ2n) is 2.13. The molecular weight excluding hydrogens is 88.1 g/mol. The van der Waals surface area contributed by atoms with Gasteiger partial charge in [0, 0.05) is 6.04 Å². The summed E-state index contributed by atoms with van der Waals surface area (Å²) < 4.78 is 0. The molecule has 0 aromatic rings. The quantitative estimate of drug-likeness (QED) is 0.426. The summed E-state index contributed by atoms with van der Waals surface area (Å²) >= 11 is 0. The van der Waals surface area contributed by atoms with Crippen molar-refractivity contribution in [2.24, 2.45) is 5.73 Å². The molecule has 0 amide bonds. The van der Waals surface area contributed by atoms with Gasteiger partial charge in [0.2, 0.25) is 0 Å². The molecule has 1 fully saturated rings.